The summed E-state index contributed by atoms with van der Waals surface area (Å²) in [6, 6.07) is 0. The van der Waals surface area contributed by atoms with Crippen molar-refractivity contribution in [1.29, 1.82) is 0 Å². The predicted octanol–water partition coefficient (Wildman–Crippen LogP) is 3.72. The number of benzene rings is 1. The average molecular weight is 215 g/mol. The van der Waals surface area contributed by atoms with Crippen LogP contribution in [0.2, 0.25) is 10.0 Å². The van der Waals surface area contributed by atoms with Gasteiger partial charge in [-0.3, -0.25) is 0 Å². The van der Waals surface area contributed by atoms with Crippen molar-refractivity contribution in [2.24, 2.45) is 0 Å². The van der Waals surface area contributed by atoms with Gasteiger partial charge in [-0.15, -0.1) is 0 Å². The van der Waals surface area contributed by atoms with Crippen LogP contribution in [0, 0.1) is 24.4 Å². The van der Waals surface area contributed by atoms with Crippen molar-refractivity contribution < 1.29 is 13.2 Å². The molecule has 0 aliphatic heterocycles. The Morgan fingerprint density at radius 1 is 0.833 bits per heavy atom. The summed E-state index contributed by atoms with van der Waals surface area (Å²) >= 11 is 10.4. The molecule has 0 N–H and O–H groups in total. The maximum absolute atomic E-state index is 12.8. The molecule has 0 aliphatic rings. The Kier molecular flexibility index (Phi) is 2.54. The van der Waals surface area contributed by atoms with E-state index in [-0.39, 0.29) is 5.56 Å². The van der Waals surface area contributed by atoms with E-state index in [1.54, 1.807) is 0 Å². The van der Waals surface area contributed by atoms with Crippen LogP contribution in [0.1, 0.15) is 5.56 Å². The summed E-state index contributed by atoms with van der Waals surface area (Å²) in [6.45, 7) is 1.17. The van der Waals surface area contributed by atoms with E-state index in [1.165, 1.54) is 6.92 Å². The van der Waals surface area contributed by atoms with Crippen LogP contribution in [0.25, 0.3) is 0 Å². The van der Waals surface area contributed by atoms with Crippen LogP contribution < -0.4 is 0 Å². The first-order valence-electron chi connectivity index (χ1n) is 2.94. The average Bonchev–Trinajstić information content (AvgIpc) is 2.08. The minimum Gasteiger partial charge on any atom is -0.204 e. The van der Waals surface area contributed by atoms with Crippen LogP contribution in [-0.2, 0) is 0 Å². The van der Waals surface area contributed by atoms with Gasteiger partial charge in [-0.1, -0.05) is 23.2 Å². The number of halogens is 5. The smallest absolute Gasteiger partial charge is 0.180 e. The molecule has 1 aromatic rings. The fraction of sp³-hybridized carbons (Fsp3) is 0.143. The van der Waals surface area contributed by atoms with E-state index in [4.69, 9.17) is 23.2 Å². The Labute approximate surface area is 76.9 Å². The second kappa shape index (κ2) is 3.15. The van der Waals surface area contributed by atoms with Crippen molar-refractivity contribution in [3.05, 3.63) is 33.1 Å². The second-order valence-electron chi connectivity index (χ2n) is 2.19. The lowest BCUT2D eigenvalue weighted by molar-refractivity contribution is 0.490. The molecule has 1 rings (SSSR count). The molecule has 0 nitrogen and oxygen atoms in total. The molecule has 0 spiro atoms. The highest BCUT2D eigenvalue weighted by Crippen LogP contribution is 2.31. The zero-order chi connectivity index (χ0) is 9.46. The molecule has 5 heteroatoms. The highest BCUT2D eigenvalue weighted by Gasteiger charge is 2.19. The molecule has 0 aromatic heterocycles. The molecule has 1 aromatic carbocycles. The van der Waals surface area contributed by atoms with Crippen molar-refractivity contribution in [2.45, 2.75) is 6.92 Å². The summed E-state index contributed by atoms with van der Waals surface area (Å²) in [5.74, 6) is -3.75. The van der Waals surface area contributed by atoms with Gasteiger partial charge in [0.2, 0.25) is 0 Å². The lowest BCUT2D eigenvalue weighted by Crippen LogP contribution is -1.95. The van der Waals surface area contributed by atoms with Crippen molar-refractivity contribution in [3.8, 4) is 0 Å². The van der Waals surface area contributed by atoms with Crippen LogP contribution in [0.5, 0.6) is 0 Å². The molecule has 66 valence electrons. The molecular formula is C7H3Cl2F3. The van der Waals surface area contributed by atoms with Gasteiger partial charge in [0.05, 0.1) is 5.02 Å². The van der Waals surface area contributed by atoms with Crippen LogP contribution in [0.4, 0.5) is 13.2 Å². The molecule has 0 atom stereocenters. The Morgan fingerprint density at radius 2 is 1.33 bits per heavy atom. The van der Waals surface area contributed by atoms with Gasteiger partial charge in [0, 0.05) is 5.56 Å². The van der Waals surface area contributed by atoms with Gasteiger partial charge >= 0.3 is 0 Å². The molecule has 0 bridgehead atoms. The predicted molar refractivity (Wildman–Crippen MR) is 41.1 cm³/mol. The summed E-state index contributed by atoms with van der Waals surface area (Å²) < 4.78 is 38.1. The molecule has 0 amide bonds. The Morgan fingerprint density at radius 3 is 1.83 bits per heavy atom. The SMILES string of the molecule is Cc1c(F)c(F)c(Cl)c(F)c1Cl. The van der Waals surface area contributed by atoms with Gasteiger partial charge in [0.1, 0.15) is 5.02 Å². The van der Waals surface area contributed by atoms with E-state index in [0.29, 0.717) is 0 Å². The zero-order valence-electron chi connectivity index (χ0n) is 5.89. The first-order chi connectivity index (χ1) is 5.46. The summed E-state index contributed by atoms with van der Waals surface area (Å²) in [5, 5.41) is -1.40. The van der Waals surface area contributed by atoms with Crippen molar-refractivity contribution in [1.82, 2.24) is 0 Å². The standard InChI is InChI=1S/C7H3Cl2F3/c1-2-3(8)6(11)4(9)7(12)5(2)10/h1H3. The molecule has 0 radical (unpaired) electrons. The normalized spacial score (nSPS) is 10.5. The quantitative estimate of drug-likeness (QED) is 0.457. The third kappa shape index (κ3) is 1.27. The van der Waals surface area contributed by atoms with Gasteiger partial charge < -0.3 is 0 Å². The Bertz CT molecular complexity index is 231. The molecular weight excluding hydrogens is 212 g/mol. The molecule has 0 saturated heterocycles. The van der Waals surface area contributed by atoms with Gasteiger partial charge in [0.15, 0.2) is 17.5 Å². The fourth-order valence-electron chi connectivity index (χ4n) is 0.715. The lowest BCUT2D eigenvalue weighted by atomic mass is 10.2. The summed E-state index contributed by atoms with van der Waals surface area (Å²) in [4.78, 5) is 0. The summed E-state index contributed by atoms with van der Waals surface area (Å²) in [7, 11) is 0. The molecule has 12 heavy (non-hydrogen) atoms. The topological polar surface area (TPSA) is 0 Å². The Balaban J connectivity index is 3.60. The van der Waals surface area contributed by atoms with Gasteiger partial charge in [-0.05, 0) is 6.92 Å². The van der Waals surface area contributed by atoms with E-state index in [2.05, 4.69) is 0 Å². The summed E-state index contributed by atoms with van der Waals surface area (Å²) in [5.41, 5.74) is -0.281. The molecule has 0 aliphatic carbocycles. The molecule has 0 fully saturated rings. The van der Waals surface area contributed by atoms with E-state index in [9.17, 15) is 13.2 Å². The first kappa shape index (κ1) is 9.68. The second-order valence-corrected chi connectivity index (χ2v) is 2.95. The Hall–Kier alpha value is -0.410. The highest BCUT2D eigenvalue weighted by molar-refractivity contribution is 6.35. The van der Waals surface area contributed by atoms with Crippen molar-refractivity contribution in [3.63, 3.8) is 0 Å². The van der Waals surface area contributed by atoms with Crippen LogP contribution in [0.15, 0.2) is 0 Å². The maximum atomic E-state index is 12.8. The molecule has 0 unspecified atom stereocenters. The maximum Gasteiger partial charge on any atom is 0.180 e. The lowest BCUT2D eigenvalue weighted by Gasteiger charge is -2.04. The number of hydrogen-bond donors (Lipinski definition) is 0. The third-order valence-corrected chi connectivity index (χ3v) is 2.21. The van der Waals surface area contributed by atoms with Crippen LogP contribution in [-0.4, -0.2) is 0 Å². The van der Waals surface area contributed by atoms with Crippen molar-refractivity contribution >= 4 is 23.2 Å². The van der Waals surface area contributed by atoms with Crippen LogP contribution in [0.3, 0.4) is 0 Å². The monoisotopic (exact) mass is 214 g/mol. The van der Waals surface area contributed by atoms with E-state index in [1.807, 2.05) is 0 Å². The minimum atomic E-state index is -1.41. The van der Waals surface area contributed by atoms with Gasteiger partial charge in [-0.2, -0.15) is 0 Å². The number of rotatable bonds is 0. The van der Waals surface area contributed by atoms with E-state index < -0.39 is 27.5 Å². The molecule has 0 heterocycles. The minimum absolute atomic E-state index is 0.281. The van der Waals surface area contributed by atoms with Gasteiger partial charge in [0.25, 0.3) is 0 Å². The first-order valence-corrected chi connectivity index (χ1v) is 3.70. The van der Waals surface area contributed by atoms with E-state index >= 15 is 0 Å². The fourth-order valence-corrected chi connectivity index (χ4v) is 1.12. The van der Waals surface area contributed by atoms with Gasteiger partial charge in [-0.25, -0.2) is 13.2 Å². The number of hydrogen-bond acceptors (Lipinski definition) is 0. The van der Waals surface area contributed by atoms with Crippen LogP contribution >= 0.6 is 23.2 Å². The largest absolute Gasteiger partial charge is 0.204 e. The zero-order valence-corrected chi connectivity index (χ0v) is 7.40. The summed E-state index contributed by atoms with van der Waals surface area (Å²) in [6.07, 6.45) is 0. The van der Waals surface area contributed by atoms with Crippen molar-refractivity contribution in [2.75, 3.05) is 0 Å². The molecule has 0 saturated carbocycles. The highest BCUT2D eigenvalue weighted by atomic mass is 35.5. The third-order valence-electron chi connectivity index (χ3n) is 1.43. The van der Waals surface area contributed by atoms with E-state index in [0.717, 1.165) is 0 Å².